The van der Waals surface area contributed by atoms with Gasteiger partial charge in [0, 0.05) is 58.9 Å². The molecule has 0 bridgehead atoms. The molecule has 0 spiro atoms. The number of pyridine rings is 1. The van der Waals surface area contributed by atoms with Gasteiger partial charge in [-0.15, -0.1) is 0 Å². The molecule has 2 N–H and O–H groups in total. The number of ketones is 1. The highest BCUT2D eigenvalue weighted by atomic mass is 35.5. The molecule has 48 heavy (non-hydrogen) atoms. The number of Topliss-reactive ketones (excluding diaryl/α,β-unsaturated/α-hetero) is 1. The van der Waals surface area contributed by atoms with Crippen LogP contribution in [0.1, 0.15) is 47.2 Å². The van der Waals surface area contributed by atoms with Crippen molar-refractivity contribution in [3.8, 4) is 16.9 Å². The third-order valence-electron chi connectivity index (χ3n) is 7.46. The van der Waals surface area contributed by atoms with Gasteiger partial charge in [-0.05, 0) is 61.9 Å². The highest BCUT2D eigenvalue weighted by molar-refractivity contribution is 6.31. The molecule has 13 nitrogen and oxygen atoms in total. The number of fused-ring (bicyclic) bond motifs is 1. The van der Waals surface area contributed by atoms with Crippen LogP contribution in [-0.2, 0) is 28.5 Å². The summed E-state index contributed by atoms with van der Waals surface area (Å²) in [4.78, 5) is 65.8. The van der Waals surface area contributed by atoms with E-state index >= 15 is 0 Å². The van der Waals surface area contributed by atoms with Gasteiger partial charge in [-0.2, -0.15) is 0 Å². The fourth-order valence-corrected chi connectivity index (χ4v) is 5.19. The molecular weight excluding hydrogens is 646 g/mol. The standard InChI is InChI=1S/C34H34ClN3O10/c1-19(40)24-8-6-22(35)14-25(24)26-15-32(41)38(16-30(26)45-4)29(10-11-44-3)33(42)36-23-7-9-27-21(12-23)13-28(37-27)34(43)47-17-31(46-5)20(2)48-18-39/h6-9,12-16,18,29,37H,10-11,17H2,1-5H3,(H,36,42)/b31-20-. The number of aromatic nitrogens is 2. The minimum absolute atomic E-state index is 0.141. The number of hydrogen-bond donors (Lipinski definition) is 2. The summed E-state index contributed by atoms with van der Waals surface area (Å²) in [6, 6.07) is 11.6. The number of amides is 1. The van der Waals surface area contributed by atoms with Crippen molar-refractivity contribution in [2.24, 2.45) is 0 Å². The maximum atomic E-state index is 13.7. The number of ether oxygens (including phenoxy) is 5. The average Bonchev–Trinajstić information content (AvgIpc) is 3.49. The summed E-state index contributed by atoms with van der Waals surface area (Å²) in [6.07, 6.45) is 1.57. The zero-order valence-electron chi connectivity index (χ0n) is 26.9. The monoisotopic (exact) mass is 679 g/mol. The summed E-state index contributed by atoms with van der Waals surface area (Å²) in [5.41, 5.74) is 1.76. The van der Waals surface area contributed by atoms with E-state index in [1.54, 1.807) is 42.5 Å². The molecule has 0 radical (unpaired) electrons. The summed E-state index contributed by atoms with van der Waals surface area (Å²) >= 11 is 6.22. The third kappa shape index (κ3) is 8.11. The number of allylic oxidation sites excluding steroid dienone is 1. The van der Waals surface area contributed by atoms with Crippen LogP contribution >= 0.6 is 11.6 Å². The number of aromatic amines is 1. The number of carbonyl (C=O) groups is 4. The second-order valence-corrected chi connectivity index (χ2v) is 10.9. The van der Waals surface area contributed by atoms with Crippen LogP contribution in [0.3, 0.4) is 0 Å². The summed E-state index contributed by atoms with van der Waals surface area (Å²) in [5, 5.41) is 3.81. The van der Waals surface area contributed by atoms with E-state index in [4.69, 9.17) is 35.3 Å². The number of anilines is 1. The smallest absolute Gasteiger partial charge is 0.355 e. The van der Waals surface area contributed by atoms with Crippen molar-refractivity contribution < 1.29 is 42.9 Å². The zero-order valence-corrected chi connectivity index (χ0v) is 27.6. The third-order valence-corrected chi connectivity index (χ3v) is 7.69. The number of rotatable bonds is 15. The molecule has 1 amide bonds. The predicted molar refractivity (Wildman–Crippen MR) is 177 cm³/mol. The van der Waals surface area contributed by atoms with Gasteiger partial charge in [-0.1, -0.05) is 11.6 Å². The summed E-state index contributed by atoms with van der Waals surface area (Å²) in [6.45, 7) is 3.04. The van der Waals surface area contributed by atoms with E-state index in [1.807, 2.05) is 0 Å². The second-order valence-electron chi connectivity index (χ2n) is 10.5. The second kappa shape index (κ2) is 15.9. The fraction of sp³-hybridized carbons (Fsp3) is 0.265. The molecule has 0 fully saturated rings. The molecular formula is C34H34ClN3O10. The van der Waals surface area contributed by atoms with E-state index in [0.717, 1.165) is 0 Å². The first-order chi connectivity index (χ1) is 23.0. The number of methoxy groups -OCH3 is 3. The molecule has 0 saturated heterocycles. The maximum absolute atomic E-state index is 13.7. The van der Waals surface area contributed by atoms with Gasteiger partial charge in [0.2, 0.25) is 5.91 Å². The molecule has 0 aliphatic rings. The Kier molecular flexibility index (Phi) is 11.8. The van der Waals surface area contributed by atoms with Gasteiger partial charge < -0.3 is 34.0 Å². The quantitative estimate of drug-likeness (QED) is 0.0731. The van der Waals surface area contributed by atoms with Gasteiger partial charge in [0.05, 0.1) is 20.4 Å². The van der Waals surface area contributed by atoms with Gasteiger partial charge in [-0.25, -0.2) is 4.79 Å². The lowest BCUT2D eigenvalue weighted by Gasteiger charge is -2.21. The SMILES string of the molecule is COCCC(C(=O)Nc1ccc2[nH]c(C(=O)OC/C(OC)=C(\C)OC=O)cc2c1)n1cc(OC)c(-c2cc(Cl)ccc2C(C)=O)cc1=O. The number of carbonyl (C=O) groups excluding carboxylic acids is 4. The first-order valence-corrected chi connectivity index (χ1v) is 14.9. The van der Waals surface area contributed by atoms with Crippen molar-refractivity contribution in [1.82, 2.24) is 9.55 Å². The van der Waals surface area contributed by atoms with Crippen molar-refractivity contribution in [3.63, 3.8) is 0 Å². The number of benzene rings is 2. The topological polar surface area (TPSA) is 164 Å². The van der Waals surface area contributed by atoms with E-state index in [-0.39, 0.29) is 54.9 Å². The highest BCUT2D eigenvalue weighted by Crippen LogP contribution is 2.34. The first kappa shape index (κ1) is 35.5. The summed E-state index contributed by atoms with van der Waals surface area (Å²) in [7, 11) is 4.26. The summed E-state index contributed by atoms with van der Waals surface area (Å²) < 4.78 is 27.2. The van der Waals surface area contributed by atoms with Crippen molar-refractivity contribution >= 4 is 52.3 Å². The zero-order chi connectivity index (χ0) is 35.0. The number of nitrogens with zero attached hydrogens (tertiary/aromatic N) is 1. The minimum atomic E-state index is -1.01. The normalized spacial score (nSPS) is 12.1. The van der Waals surface area contributed by atoms with Crippen LogP contribution < -0.4 is 15.6 Å². The van der Waals surface area contributed by atoms with Gasteiger partial charge in [0.1, 0.15) is 23.2 Å². The largest absolute Gasteiger partial charge is 0.495 e. The average molecular weight is 680 g/mol. The highest BCUT2D eigenvalue weighted by Gasteiger charge is 2.25. The molecule has 2 aromatic heterocycles. The van der Waals surface area contributed by atoms with Crippen molar-refractivity contribution in [2.45, 2.75) is 26.3 Å². The number of H-pyrrole nitrogens is 1. The molecule has 252 valence electrons. The number of hydrogen-bond acceptors (Lipinski definition) is 10. The Morgan fingerprint density at radius 3 is 2.46 bits per heavy atom. The number of halogens is 1. The number of nitrogens with one attached hydrogen (secondary N) is 2. The molecule has 1 atom stereocenters. The minimum Gasteiger partial charge on any atom is -0.495 e. The maximum Gasteiger partial charge on any atom is 0.355 e. The Labute approximate surface area is 280 Å². The van der Waals surface area contributed by atoms with Crippen LogP contribution in [0.2, 0.25) is 5.02 Å². The van der Waals surface area contributed by atoms with Crippen LogP contribution in [0.5, 0.6) is 5.75 Å². The molecule has 2 heterocycles. The predicted octanol–water partition coefficient (Wildman–Crippen LogP) is 5.29. The Bertz CT molecular complexity index is 1950. The molecule has 0 saturated carbocycles. The first-order valence-electron chi connectivity index (χ1n) is 14.6. The van der Waals surface area contributed by atoms with Crippen LogP contribution in [-0.4, -0.2) is 68.2 Å². The molecule has 4 rings (SSSR count). The van der Waals surface area contributed by atoms with Crippen molar-refractivity contribution in [1.29, 1.82) is 0 Å². The van der Waals surface area contributed by atoms with E-state index in [1.165, 1.54) is 52.0 Å². The van der Waals surface area contributed by atoms with Crippen LogP contribution in [0.4, 0.5) is 5.69 Å². The molecule has 1 unspecified atom stereocenters. The fourth-order valence-electron chi connectivity index (χ4n) is 5.01. The van der Waals surface area contributed by atoms with E-state index in [9.17, 15) is 24.0 Å². The van der Waals surface area contributed by atoms with Crippen LogP contribution in [0, 0.1) is 0 Å². The molecule has 4 aromatic rings. The Hall–Kier alpha value is -5.40. The van der Waals surface area contributed by atoms with Crippen molar-refractivity contribution in [2.75, 3.05) is 39.9 Å². The lowest BCUT2D eigenvalue weighted by Crippen LogP contribution is -2.34. The Morgan fingerprint density at radius 2 is 1.79 bits per heavy atom. The lowest BCUT2D eigenvalue weighted by molar-refractivity contribution is -0.125. The Morgan fingerprint density at radius 1 is 1.02 bits per heavy atom. The molecule has 14 heteroatoms. The molecule has 0 aliphatic heterocycles. The van der Waals surface area contributed by atoms with Gasteiger partial charge in [0.25, 0.3) is 12.0 Å². The van der Waals surface area contributed by atoms with Gasteiger partial charge >= 0.3 is 5.97 Å². The van der Waals surface area contributed by atoms with E-state index < -0.39 is 23.5 Å². The van der Waals surface area contributed by atoms with E-state index in [0.29, 0.717) is 38.3 Å². The number of esters is 1. The van der Waals surface area contributed by atoms with Crippen LogP contribution in [0.25, 0.3) is 22.0 Å². The van der Waals surface area contributed by atoms with Gasteiger partial charge in [0.15, 0.2) is 18.1 Å². The van der Waals surface area contributed by atoms with E-state index in [2.05, 4.69) is 10.3 Å². The van der Waals surface area contributed by atoms with Crippen LogP contribution in [0.15, 0.2) is 71.0 Å². The van der Waals surface area contributed by atoms with Crippen molar-refractivity contribution in [3.05, 3.63) is 92.9 Å². The molecule has 0 aliphatic carbocycles. The molecule has 2 aromatic carbocycles. The Balaban J connectivity index is 1.60. The van der Waals surface area contributed by atoms with Gasteiger partial charge in [-0.3, -0.25) is 23.7 Å². The summed E-state index contributed by atoms with van der Waals surface area (Å²) in [5.74, 6) is -0.839. The lowest BCUT2D eigenvalue weighted by atomic mass is 9.97.